The highest BCUT2D eigenvalue weighted by molar-refractivity contribution is 5.88. The lowest BCUT2D eigenvalue weighted by Crippen LogP contribution is -2.32. The molecule has 0 aromatic carbocycles. The maximum atomic E-state index is 11.7. The van der Waals surface area contributed by atoms with Gasteiger partial charge in [0, 0.05) is 12.2 Å². The summed E-state index contributed by atoms with van der Waals surface area (Å²) in [5.74, 6) is 1.17. The van der Waals surface area contributed by atoms with Crippen LogP contribution in [-0.2, 0) is 4.74 Å². The minimum atomic E-state index is -0.386. The largest absolute Gasteiger partial charge is 0.464 e. The molecule has 0 radical (unpaired) electrons. The number of nitrogens with zero attached hydrogens (tertiary/aromatic N) is 2. The van der Waals surface area contributed by atoms with E-state index in [9.17, 15) is 4.79 Å². The summed E-state index contributed by atoms with van der Waals surface area (Å²) < 4.78 is 12.3. The van der Waals surface area contributed by atoms with E-state index in [1.807, 2.05) is 26.0 Å². The van der Waals surface area contributed by atoms with Crippen molar-refractivity contribution in [1.29, 1.82) is 0 Å². The number of hydrogen-bond donors (Lipinski definition) is 1. The van der Waals surface area contributed by atoms with Crippen LogP contribution in [0.2, 0.25) is 0 Å². The van der Waals surface area contributed by atoms with Crippen molar-refractivity contribution in [1.82, 2.24) is 9.78 Å². The van der Waals surface area contributed by atoms with Crippen molar-refractivity contribution < 1.29 is 13.9 Å². The van der Waals surface area contributed by atoms with E-state index in [0.717, 1.165) is 17.9 Å². The van der Waals surface area contributed by atoms with Crippen LogP contribution >= 0.6 is 0 Å². The second-order valence-electron chi connectivity index (χ2n) is 4.89. The maximum absolute atomic E-state index is 11.7. The molecule has 114 valence electrons. The van der Waals surface area contributed by atoms with E-state index in [-0.39, 0.29) is 18.1 Å². The molecule has 2 aromatic heterocycles. The zero-order valence-corrected chi connectivity index (χ0v) is 12.6. The lowest BCUT2D eigenvalue weighted by Gasteiger charge is -2.21. The minimum Gasteiger partial charge on any atom is -0.464 e. The highest BCUT2D eigenvalue weighted by Gasteiger charge is 2.25. The SMILES string of the molecule is CCOC(=O)c1cnn(C(c2ccc(C)o2)C(N)CC)c1. The smallest absolute Gasteiger partial charge is 0.341 e. The van der Waals surface area contributed by atoms with Crippen molar-refractivity contribution in [3.05, 3.63) is 41.6 Å². The van der Waals surface area contributed by atoms with Gasteiger partial charge in [-0.25, -0.2) is 4.79 Å². The Hall–Kier alpha value is -2.08. The van der Waals surface area contributed by atoms with Crippen molar-refractivity contribution in [3.63, 3.8) is 0 Å². The van der Waals surface area contributed by atoms with Gasteiger partial charge < -0.3 is 14.9 Å². The van der Waals surface area contributed by atoms with Crippen LogP contribution < -0.4 is 5.73 Å². The van der Waals surface area contributed by atoms with Crippen LogP contribution in [0.25, 0.3) is 0 Å². The number of furan rings is 1. The van der Waals surface area contributed by atoms with Crippen LogP contribution in [-0.4, -0.2) is 28.4 Å². The number of carbonyl (C=O) groups excluding carboxylic acids is 1. The topological polar surface area (TPSA) is 83.3 Å². The van der Waals surface area contributed by atoms with Gasteiger partial charge in [-0.3, -0.25) is 4.68 Å². The van der Waals surface area contributed by atoms with Crippen molar-refractivity contribution in [2.24, 2.45) is 5.73 Å². The summed E-state index contributed by atoms with van der Waals surface area (Å²) in [6.07, 6.45) is 3.90. The van der Waals surface area contributed by atoms with E-state index in [0.29, 0.717) is 12.2 Å². The Bertz CT molecular complexity index is 603. The molecule has 0 saturated carbocycles. The quantitative estimate of drug-likeness (QED) is 0.825. The summed E-state index contributed by atoms with van der Waals surface area (Å²) in [4.78, 5) is 11.7. The molecule has 2 heterocycles. The maximum Gasteiger partial charge on any atom is 0.341 e. The average Bonchev–Trinajstić information content (AvgIpc) is 3.09. The fraction of sp³-hybridized carbons (Fsp3) is 0.467. The van der Waals surface area contributed by atoms with Gasteiger partial charge in [-0.1, -0.05) is 6.92 Å². The van der Waals surface area contributed by atoms with Crippen LogP contribution in [0.5, 0.6) is 0 Å². The third kappa shape index (κ3) is 3.33. The molecular weight excluding hydrogens is 270 g/mol. The highest BCUT2D eigenvalue weighted by atomic mass is 16.5. The number of carbonyl (C=O) groups is 1. The molecule has 0 fully saturated rings. The fourth-order valence-electron chi connectivity index (χ4n) is 2.18. The Balaban J connectivity index is 2.32. The summed E-state index contributed by atoms with van der Waals surface area (Å²) in [6.45, 7) is 5.98. The zero-order chi connectivity index (χ0) is 15.4. The summed E-state index contributed by atoms with van der Waals surface area (Å²) in [6, 6.07) is 3.37. The Kier molecular flexibility index (Phi) is 4.80. The van der Waals surface area contributed by atoms with Crippen molar-refractivity contribution in [2.45, 2.75) is 39.3 Å². The second-order valence-corrected chi connectivity index (χ2v) is 4.89. The molecule has 2 N–H and O–H groups in total. The molecular formula is C15H21N3O3. The van der Waals surface area contributed by atoms with Crippen molar-refractivity contribution in [3.8, 4) is 0 Å². The first-order chi connectivity index (χ1) is 10.1. The third-order valence-corrected chi connectivity index (χ3v) is 3.33. The van der Waals surface area contributed by atoms with E-state index in [4.69, 9.17) is 14.9 Å². The van der Waals surface area contributed by atoms with E-state index in [1.54, 1.807) is 17.8 Å². The van der Waals surface area contributed by atoms with Gasteiger partial charge in [0.15, 0.2) is 0 Å². The third-order valence-electron chi connectivity index (χ3n) is 3.33. The zero-order valence-electron chi connectivity index (χ0n) is 12.6. The van der Waals surface area contributed by atoms with E-state index in [1.165, 1.54) is 6.20 Å². The predicted octanol–water partition coefficient (Wildman–Crippen LogP) is 2.29. The molecule has 2 atom stereocenters. The predicted molar refractivity (Wildman–Crippen MR) is 78.0 cm³/mol. The normalized spacial score (nSPS) is 13.9. The Morgan fingerprint density at radius 1 is 1.48 bits per heavy atom. The van der Waals surface area contributed by atoms with Crippen molar-refractivity contribution in [2.75, 3.05) is 6.61 Å². The molecule has 0 spiro atoms. The number of nitrogens with two attached hydrogens (primary N) is 1. The average molecular weight is 291 g/mol. The Morgan fingerprint density at radius 3 is 2.81 bits per heavy atom. The molecule has 21 heavy (non-hydrogen) atoms. The van der Waals surface area contributed by atoms with Gasteiger partial charge in [-0.2, -0.15) is 5.10 Å². The molecule has 0 aliphatic rings. The molecule has 2 rings (SSSR count). The number of esters is 1. The summed E-state index contributed by atoms with van der Waals surface area (Å²) in [5.41, 5.74) is 6.61. The number of hydrogen-bond acceptors (Lipinski definition) is 5. The molecule has 2 aromatic rings. The minimum absolute atomic E-state index is 0.162. The first-order valence-electron chi connectivity index (χ1n) is 7.10. The van der Waals surface area contributed by atoms with Gasteiger partial charge in [-0.05, 0) is 32.4 Å². The number of rotatable bonds is 6. The number of aryl methyl sites for hydroxylation is 1. The van der Waals surface area contributed by atoms with Gasteiger partial charge >= 0.3 is 5.97 Å². The van der Waals surface area contributed by atoms with Crippen LogP contribution in [0.15, 0.2) is 28.9 Å². The lowest BCUT2D eigenvalue weighted by atomic mass is 10.0. The summed E-state index contributed by atoms with van der Waals surface area (Å²) in [5, 5.41) is 4.25. The van der Waals surface area contributed by atoms with Gasteiger partial charge in [0.25, 0.3) is 0 Å². The molecule has 6 nitrogen and oxygen atoms in total. The number of aromatic nitrogens is 2. The van der Waals surface area contributed by atoms with Crippen LogP contribution in [0.4, 0.5) is 0 Å². The summed E-state index contributed by atoms with van der Waals surface area (Å²) >= 11 is 0. The molecule has 0 aliphatic heterocycles. The van der Waals surface area contributed by atoms with Crippen molar-refractivity contribution >= 4 is 5.97 Å². The second kappa shape index (κ2) is 6.58. The van der Waals surface area contributed by atoms with E-state index in [2.05, 4.69) is 5.10 Å². The highest BCUT2D eigenvalue weighted by Crippen LogP contribution is 2.24. The van der Waals surface area contributed by atoms with E-state index < -0.39 is 0 Å². The molecule has 2 unspecified atom stereocenters. The molecule has 0 bridgehead atoms. The lowest BCUT2D eigenvalue weighted by molar-refractivity contribution is 0.0526. The molecule has 0 saturated heterocycles. The van der Waals surface area contributed by atoms with Crippen LogP contribution in [0, 0.1) is 6.92 Å². The van der Waals surface area contributed by atoms with Gasteiger partial charge in [0.05, 0.1) is 18.4 Å². The Morgan fingerprint density at radius 2 is 2.24 bits per heavy atom. The first kappa shape index (κ1) is 15.3. The molecule has 0 aliphatic carbocycles. The standard InChI is InChI=1S/C15H21N3O3/c1-4-12(16)14(13-7-6-10(3)21-13)18-9-11(8-17-18)15(19)20-5-2/h6-9,12,14H,4-5,16H2,1-3H3. The van der Waals surface area contributed by atoms with Gasteiger partial charge in [-0.15, -0.1) is 0 Å². The van der Waals surface area contributed by atoms with Crippen LogP contribution in [0.1, 0.15) is 48.2 Å². The first-order valence-corrected chi connectivity index (χ1v) is 7.10. The molecule has 6 heteroatoms. The Labute approximate surface area is 123 Å². The molecule has 0 amide bonds. The van der Waals surface area contributed by atoms with Gasteiger partial charge in [0.1, 0.15) is 17.6 Å². The monoisotopic (exact) mass is 291 g/mol. The number of ether oxygens (including phenoxy) is 1. The fourth-order valence-corrected chi connectivity index (χ4v) is 2.18. The van der Waals surface area contributed by atoms with Crippen LogP contribution in [0.3, 0.4) is 0 Å². The summed E-state index contributed by atoms with van der Waals surface area (Å²) in [7, 11) is 0. The van der Waals surface area contributed by atoms with Gasteiger partial charge in [0.2, 0.25) is 0 Å². The van der Waals surface area contributed by atoms with E-state index >= 15 is 0 Å².